The summed E-state index contributed by atoms with van der Waals surface area (Å²) in [6, 6.07) is 0.888. The van der Waals surface area contributed by atoms with Crippen molar-refractivity contribution in [3.8, 4) is 0 Å². The molecule has 1 saturated heterocycles. The summed E-state index contributed by atoms with van der Waals surface area (Å²) >= 11 is 0. The van der Waals surface area contributed by atoms with Crippen LogP contribution in [0.1, 0.15) is 52.4 Å². The van der Waals surface area contributed by atoms with E-state index in [9.17, 15) is 0 Å². The van der Waals surface area contributed by atoms with Gasteiger partial charge < -0.3 is 10.2 Å². The lowest BCUT2D eigenvalue weighted by atomic mass is 9.85. The van der Waals surface area contributed by atoms with Crippen LogP contribution in [0.4, 0.5) is 0 Å². The third-order valence-corrected chi connectivity index (χ3v) is 4.78. The lowest BCUT2D eigenvalue weighted by Crippen LogP contribution is -2.43. The van der Waals surface area contributed by atoms with Crippen LogP contribution in [-0.2, 0) is 0 Å². The Kier molecular flexibility index (Phi) is 5.30. The van der Waals surface area contributed by atoms with Crippen molar-refractivity contribution in [2.24, 2.45) is 11.8 Å². The Balaban J connectivity index is 1.82. The molecule has 0 bridgehead atoms. The van der Waals surface area contributed by atoms with Gasteiger partial charge in [-0.2, -0.15) is 0 Å². The minimum absolute atomic E-state index is 0.888. The molecule has 2 unspecified atom stereocenters. The second kappa shape index (κ2) is 6.75. The number of nitrogens with one attached hydrogen (secondary N) is 1. The molecule has 2 nitrogen and oxygen atoms in total. The average molecular weight is 238 g/mol. The van der Waals surface area contributed by atoms with Gasteiger partial charge in [0.1, 0.15) is 0 Å². The van der Waals surface area contributed by atoms with Crippen molar-refractivity contribution in [1.29, 1.82) is 0 Å². The van der Waals surface area contributed by atoms with Crippen molar-refractivity contribution in [1.82, 2.24) is 10.2 Å². The van der Waals surface area contributed by atoms with E-state index >= 15 is 0 Å². The van der Waals surface area contributed by atoms with Crippen molar-refractivity contribution in [2.45, 2.75) is 58.4 Å². The van der Waals surface area contributed by atoms with Crippen LogP contribution in [0.25, 0.3) is 0 Å². The molecule has 0 spiro atoms. The van der Waals surface area contributed by atoms with E-state index in [1.807, 2.05) is 0 Å². The zero-order valence-corrected chi connectivity index (χ0v) is 11.8. The highest BCUT2D eigenvalue weighted by molar-refractivity contribution is 4.81. The third-order valence-electron chi connectivity index (χ3n) is 4.78. The van der Waals surface area contributed by atoms with Crippen LogP contribution < -0.4 is 5.32 Å². The third kappa shape index (κ3) is 3.96. The Bertz CT molecular complexity index is 211. The number of piperidine rings is 1. The lowest BCUT2D eigenvalue weighted by molar-refractivity contribution is 0.113. The van der Waals surface area contributed by atoms with Crippen molar-refractivity contribution in [2.75, 3.05) is 26.2 Å². The largest absolute Gasteiger partial charge is 0.317 e. The molecule has 0 aromatic rings. The molecule has 2 rings (SSSR count). The van der Waals surface area contributed by atoms with Gasteiger partial charge >= 0.3 is 0 Å². The van der Waals surface area contributed by atoms with Gasteiger partial charge in [0.2, 0.25) is 0 Å². The van der Waals surface area contributed by atoms with Crippen LogP contribution in [-0.4, -0.2) is 37.1 Å². The predicted octanol–water partition coefficient (Wildman–Crippen LogP) is 2.89. The summed E-state index contributed by atoms with van der Waals surface area (Å²) in [5.41, 5.74) is 0. The van der Waals surface area contributed by atoms with Gasteiger partial charge in [0.25, 0.3) is 0 Å². The van der Waals surface area contributed by atoms with Gasteiger partial charge in [0, 0.05) is 12.6 Å². The standard InChI is InChI=1S/C15H30N2/c1-3-17(12-14-7-9-16-10-8-14)15-6-4-5-13(2)11-15/h13-16H,3-12H2,1-2H3. The van der Waals surface area contributed by atoms with Crippen LogP contribution in [0.3, 0.4) is 0 Å². The normalized spacial score (nSPS) is 31.9. The monoisotopic (exact) mass is 238 g/mol. The van der Waals surface area contributed by atoms with Crippen LogP contribution >= 0.6 is 0 Å². The molecular formula is C15H30N2. The van der Waals surface area contributed by atoms with Crippen molar-refractivity contribution in [3.63, 3.8) is 0 Å². The Labute approximate surface area is 107 Å². The highest BCUT2D eigenvalue weighted by atomic mass is 15.2. The van der Waals surface area contributed by atoms with Crippen LogP contribution in [0, 0.1) is 11.8 Å². The van der Waals surface area contributed by atoms with E-state index in [1.165, 1.54) is 64.7 Å². The first kappa shape index (κ1) is 13.4. The molecule has 17 heavy (non-hydrogen) atoms. The van der Waals surface area contributed by atoms with Crippen LogP contribution in [0.2, 0.25) is 0 Å². The molecule has 1 aliphatic carbocycles. The topological polar surface area (TPSA) is 15.3 Å². The van der Waals surface area contributed by atoms with E-state index in [2.05, 4.69) is 24.1 Å². The number of hydrogen-bond donors (Lipinski definition) is 1. The second-order valence-corrected chi connectivity index (χ2v) is 6.21. The first-order valence-corrected chi connectivity index (χ1v) is 7.74. The summed E-state index contributed by atoms with van der Waals surface area (Å²) in [5.74, 6) is 1.91. The molecule has 0 radical (unpaired) electrons. The van der Waals surface area contributed by atoms with Gasteiger partial charge in [-0.15, -0.1) is 0 Å². The van der Waals surface area contributed by atoms with E-state index in [0.717, 1.165) is 17.9 Å². The summed E-state index contributed by atoms with van der Waals surface area (Å²) in [4.78, 5) is 2.78. The fourth-order valence-corrected chi connectivity index (χ4v) is 3.67. The Hall–Kier alpha value is -0.0800. The Morgan fingerprint density at radius 2 is 1.88 bits per heavy atom. The van der Waals surface area contributed by atoms with E-state index in [0.29, 0.717) is 0 Å². The summed E-state index contributed by atoms with van der Waals surface area (Å²) < 4.78 is 0. The molecule has 1 heterocycles. The molecule has 100 valence electrons. The maximum atomic E-state index is 3.47. The molecule has 0 aromatic heterocycles. The van der Waals surface area contributed by atoms with Crippen LogP contribution in [0.15, 0.2) is 0 Å². The molecule has 2 aliphatic rings. The minimum Gasteiger partial charge on any atom is -0.317 e. The van der Waals surface area contributed by atoms with Gasteiger partial charge in [-0.25, -0.2) is 0 Å². The summed E-state index contributed by atoms with van der Waals surface area (Å²) in [6.45, 7) is 9.87. The number of nitrogens with zero attached hydrogens (tertiary/aromatic N) is 1. The molecule has 0 amide bonds. The van der Waals surface area contributed by atoms with Crippen molar-refractivity contribution < 1.29 is 0 Å². The smallest absolute Gasteiger partial charge is 0.00977 e. The summed E-state index contributed by atoms with van der Waals surface area (Å²) in [6.07, 6.45) is 8.58. The molecule has 2 atom stereocenters. The molecule has 2 fully saturated rings. The highest BCUT2D eigenvalue weighted by Gasteiger charge is 2.26. The van der Waals surface area contributed by atoms with E-state index in [-0.39, 0.29) is 0 Å². The first-order chi connectivity index (χ1) is 8.29. The fraction of sp³-hybridized carbons (Fsp3) is 1.00. The molecule has 2 heteroatoms. The Morgan fingerprint density at radius 3 is 2.53 bits per heavy atom. The van der Waals surface area contributed by atoms with Crippen LogP contribution in [0.5, 0.6) is 0 Å². The quantitative estimate of drug-likeness (QED) is 0.810. The number of rotatable bonds is 4. The average Bonchev–Trinajstić information content (AvgIpc) is 2.37. The van der Waals surface area contributed by atoms with E-state index in [1.54, 1.807) is 0 Å². The summed E-state index contributed by atoms with van der Waals surface area (Å²) in [5, 5.41) is 3.47. The minimum atomic E-state index is 0.888. The maximum Gasteiger partial charge on any atom is 0.00977 e. The molecular weight excluding hydrogens is 208 g/mol. The molecule has 0 aromatic carbocycles. The van der Waals surface area contributed by atoms with E-state index in [4.69, 9.17) is 0 Å². The zero-order chi connectivity index (χ0) is 12.1. The summed E-state index contributed by atoms with van der Waals surface area (Å²) in [7, 11) is 0. The maximum absolute atomic E-state index is 3.47. The highest BCUT2D eigenvalue weighted by Crippen LogP contribution is 2.28. The van der Waals surface area contributed by atoms with E-state index < -0.39 is 0 Å². The van der Waals surface area contributed by atoms with Gasteiger partial charge in [0.05, 0.1) is 0 Å². The second-order valence-electron chi connectivity index (χ2n) is 6.21. The first-order valence-electron chi connectivity index (χ1n) is 7.74. The Morgan fingerprint density at radius 1 is 1.12 bits per heavy atom. The van der Waals surface area contributed by atoms with Gasteiger partial charge in [-0.1, -0.05) is 26.7 Å². The molecule has 1 saturated carbocycles. The van der Waals surface area contributed by atoms with Crippen molar-refractivity contribution in [3.05, 3.63) is 0 Å². The zero-order valence-electron chi connectivity index (χ0n) is 11.8. The molecule has 1 aliphatic heterocycles. The SMILES string of the molecule is CCN(CC1CCNCC1)C1CCCC(C)C1. The van der Waals surface area contributed by atoms with Gasteiger partial charge in [0.15, 0.2) is 0 Å². The molecule has 1 N–H and O–H groups in total. The fourth-order valence-electron chi connectivity index (χ4n) is 3.67. The van der Waals surface area contributed by atoms with Crippen molar-refractivity contribution >= 4 is 0 Å². The van der Waals surface area contributed by atoms with Gasteiger partial charge in [-0.3, -0.25) is 0 Å². The predicted molar refractivity (Wildman–Crippen MR) is 74.3 cm³/mol. The lowest BCUT2D eigenvalue weighted by Gasteiger charge is -2.38. The van der Waals surface area contributed by atoms with Gasteiger partial charge in [-0.05, 0) is 57.2 Å². The number of hydrogen-bond acceptors (Lipinski definition) is 2.